The van der Waals surface area contributed by atoms with E-state index in [-0.39, 0.29) is 18.1 Å². The molecule has 1 aliphatic rings. The number of benzene rings is 4. The van der Waals surface area contributed by atoms with Crippen LogP contribution in [0.3, 0.4) is 0 Å². The summed E-state index contributed by atoms with van der Waals surface area (Å²) < 4.78 is 5.53. The minimum absolute atomic E-state index is 0.214. The Bertz CT molecular complexity index is 1690. The number of carboxylic acids is 1. The lowest BCUT2D eigenvalue weighted by Gasteiger charge is -2.32. The predicted molar refractivity (Wildman–Crippen MR) is 190 cm³/mol. The Morgan fingerprint density at radius 3 is 1.47 bits per heavy atom. The van der Waals surface area contributed by atoms with E-state index in [4.69, 9.17) is 4.74 Å². The first-order valence-corrected chi connectivity index (χ1v) is 16.8. The van der Waals surface area contributed by atoms with E-state index in [1.165, 1.54) is 0 Å². The molecule has 1 aliphatic carbocycles. The van der Waals surface area contributed by atoms with Crippen LogP contribution in [0, 0.1) is 39.5 Å². The molecule has 8 nitrogen and oxygen atoms in total. The minimum Gasteiger partial charge on any atom is -0.508 e. The number of aliphatic carboxylic acids is 1. The maximum Gasteiger partial charge on any atom is 0.309 e. The van der Waals surface area contributed by atoms with Crippen LogP contribution in [0.25, 0.3) is 11.1 Å². The van der Waals surface area contributed by atoms with Crippen LogP contribution in [0.15, 0.2) is 72.8 Å². The lowest BCUT2D eigenvalue weighted by atomic mass is 9.72. The van der Waals surface area contributed by atoms with E-state index in [2.05, 4.69) is 6.92 Å². The monoisotopic (exact) mass is 668 g/mol. The first-order chi connectivity index (χ1) is 23.2. The normalized spacial score (nSPS) is 15.9. The van der Waals surface area contributed by atoms with Gasteiger partial charge in [0.05, 0.1) is 18.4 Å². The molecule has 4 aromatic rings. The van der Waals surface area contributed by atoms with Gasteiger partial charge in [-0.2, -0.15) is 0 Å². The Kier molecular flexibility index (Phi) is 12.0. The van der Waals surface area contributed by atoms with Crippen molar-refractivity contribution in [3.63, 3.8) is 0 Å². The van der Waals surface area contributed by atoms with Crippen molar-refractivity contribution in [1.82, 2.24) is 0 Å². The smallest absolute Gasteiger partial charge is 0.309 e. The van der Waals surface area contributed by atoms with E-state index in [1.54, 1.807) is 24.3 Å². The van der Waals surface area contributed by atoms with Gasteiger partial charge in [0, 0.05) is 5.41 Å². The summed E-state index contributed by atoms with van der Waals surface area (Å²) >= 11 is 0. The molecule has 5 rings (SSSR count). The van der Waals surface area contributed by atoms with E-state index >= 15 is 0 Å². The molecule has 0 heterocycles. The molecule has 0 amide bonds. The average Bonchev–Trinajstić information content (AvgIpc) is 3.08. The lowest BCUT2D eigenvalue weighted by Crippen LogP contribution is -2.34. The van der Waals surface area contributed by atoms with E-state index in [9.17, 15) is 35.1 Å². The van der Waals surface area contributed by atoms with Crippen molar-refractivity contribution in [2.75, 3.05) is 6.61 Å². The number of carbonyl (C=O) groups excluding carboxylic acids is 1. The van der Waals surface area contributed by atoms with Gasteiger partial charge in [0.15, 0.2) is 0 Å². The molecule has 0 bridgehead atoms. The Morgan fingerprint density at radius 2 is 1.06 bits per heavy atom. The molecule has 0 aliphatic heterocycles. The summed E-state index contributed by atoms with van der Waals surface area (Å²) in [5, 5.41) is 48.3. The van der Waals surface area contributed by atoms with Gasteiger partial charge in [-0.25, -0.2) is 0 Å². The van der Waals surface area contributed by atoms with Crippen molar-refractivity contribution in [2.45, 2.75) is 78.6 Å². The fourth-order valence-electron chi connectivity index (χ4n) is 6.54. The molecule has 8 heteroatoms. The summed E-state index contributed by atoms with van der Waals surface area (Å²) in [4.78, 5) is 24.1. The lowest BCUT2D eigenvalue weighted by molar-refractivity contribution is -0.159. The SMILES string of the molecule is Cc1cc(-c2ccc(O)c(C)c2)ccc1O.Cc1cc(C(C)(CCCOC(=O)C2CCCCC2C(=O)O)c2ccc(O)c(C)c2)ccc1O. The topological polar surface area (TPSA) is 145 Å². The number of carboxylic acid groups (broad SMARTS) is 1. The molecule has 0 aromatic heterocycles. The van der Waals surface area contributed by atoms with Crippen LogP contribution in [-0.2, 0) is 19.7 Å². The van der Waals surface area contributed by atoms with Crippen LogP contribution in [0.2, 0.25) is 0 Å². The molecular weight excluding hydrogens is 620 g/mol. The molecule has 1 saturated carbocycles. The number of phenols is 4. The van der Waals surface area contributed by atoms with Crippen LogP contribution in [0.5, 0.6) is 23.0 Å². The molecule has 2 atom stereocenters. The number of aryl methyl sites for hydroxylation is 4. The molecule has 1 fully saturated rings. The van der Waals surface area contributed by atoms with Crippen molar-refractivity contribution in [1.29, 1.82) is 0 Å². The number of esters is 1. The number of hydrogen-bond donors (Lipinski definition) is 5. The zero-order chi connectivity index (χ0) is 35.9. The van der Waals surface area contributed by atoms with Gasteiger partial charge in [-0.15, -0.1) is 0 Å². The van der Waals surface area contributed by atoms with Gasteiger partial charge in [-0.05, 0) is 134 Å². The number of phenolic OH excluding ortho intramolecular Hbond substituents is 4. The van der Waals surface area contributed by atoms with Crippen LogP contribution in [-0.4, -0.2) is 44.1 Å². The highest BCUT2D eigenvalue weighted by Gasteiger charge is 2.37. The van der Waals surface area contributed by atoms with E-state index in [0.29, 0.717) is 37.2 Å². The number of ether oxygens (including phenoxy) is 1. The van der Waals surface area contributed by atoms with Gasteiger partial charge in [0.1, 0.15) is 23.0 Å². The van der Waals surface area contributed by atoms with Crippen LogP contribution in [0.1, 0.15) is 78.8 Å². The highest BCUT2D eigenvalue weighted by Crippen LogP contribution is 2.40. The zero-order valence-electron chi connectivity index (χ0n) is 29.0. The third kappa shape index (κ3) is 8.93. The number of rotatable bonds is 9. The van der Waals surface area contributed by atoms with Gasteiger partial charge in [0.2, 0.25) is 0 Å². The number of hydrogen-bond acceptors (Lipinski definition) is 7. The summed E-state index contributed by atoms with van der Waals surface area (Å²) in [6, 6.07) is 22.1. The quantitative estimate of drug-likeness (QED) is 0.0881. The second-order valence-electron chi connectivity index (χ2n) is 13.4. The maximum atomic E-state index is 12.6. The highest BCUT2D eigenvalue weighted by molar-refractivity contribution is 5.81. The first-order valence-electron chi connectivity index (χ1n) is 16.8. The summed E-state index contributed by atoms with van der Waals surface area (Å²) in [7, 11) is 0. The molecular formula is C41H48O8. The van der Waals surface area contributed by atoms with E-state index in [1.807, 2.05) is 76.2 Å². The summed E-state index contributed by atoms with van der Waals surface area (Å²) in [5.74, 6) is -1.48. The number of carbonyl (C=O) groups is 2. The average molecular weight is 669 g/mol. The summed E-state index contributed by atoms with van der Waals surface area (Å²) in [5.41, 5.74) is 6.94. The second-order valence-corrected chi connectivity index (χ2v) is 13.4. The van der Waals surface area contributed by atoms with E-state index in [0.717, 1.165) is 57.3 Å². The van der Waals surface area contributed by atoms with Crippen molar-refractivity contribution in [3.05, 3.63) is 106 Å². The van der Waals surface area contributed by atoms with Gasteiger partial charge in [0.25, 0.3) is 0 Å². The van der Waals surface area contributed by atoms with Gasteiger partial charge in [-0.3, -0.25) is 9.59 Å². The van der Waals surface area contributed by atoms with Crippen LogP contribution < -0.4 is 0 Å². The molecule has 260 valence electrons. The molecule has 4 aromatic carbocycles. The molecule has 49 heavy (non-hydrogen) atoms. The Hall–Kier alpha value is -4.98. The first kappa shape index (κ1) is 36.8. The molecule has 5 N–H and O–H groups in total. The fraction of sp³-hybridized carbons (Fsp3) is 0.366. The third-order valence-electron chi connectivity index (χ3n) is 9.85. The largest absolute Gasteiger partial charge is 0.508 e. The van der Waals surface area contributed by atoms with Crippen molar-refractivity contribution < 1.29 is 39.9 Å². The third-order valence-corrected chi connectivity index (χ3v) is 9.85. The second kappa shape index (κ2) is 15.9. The molecule has 0 saturated heterocycles. The Morgan fingerprint density at radius 1 is 0.653 bits per heavy atom. The van der Waals surface area contributed by atoms with E-state index < -0.39 is 29.2 Å². The van der Waals surface area contributed by atoms with Crippen molar-refractivity contribution in [3.8, 4) is 34.1 Å². The number of aromatic hydroxyl groups is 4. The van der Waals surface area contributed by atoms with Gasteiger partial charge < -0.3 is 30.3 Å². The molecule has 0 radical (unpaired) electrons. The van der Waals surface area contributed by atoms with Crippen molar-refractivity contribution >= 4 is 11.9 Å². The van der Waals surface area contributed by atoms with Gasteiger partial charge in [-0.1, -0.05) is 56.2 Å². The van der Waals surface area contributed by atoms with Crippen LogP contribution >= 0.6 is 0 Å². The van der Waals surface area contributed by atoms with Crippen molar-refractivity contribution in [2.24, 2.45) is 11.8 Å². The Labute approximate surface area is 288 Å². The fourth-order valence-corrected chi connectivity index (χ4v) is 6.54. The molecule has 2 unspecified atom stereocenters. The summed E-state index contributed by atoms with van der Waals surface area (Å²) in [6.45, 7) is 9.76. The minimum atomic E-state index is -0.922. The summed E-state index contributed by atoms with van der Waals surface area (Å²) in [6.07, 6.45) is 4.02. The molecule has 0 spiro atoms. The highest BCUT2D eigenvalue weighted by atomic mass is 16.5. The standard InChI is InChI=1S/C27H34O6.C14H14O2/c1-17-15-19(9-11-23(17)28)27(3,20-10-12-24(29)18(2)16-20)13-6-14-33-26(32)22-8-5-4-7-21(22)25(30)31;1-9-7-11(3-5-13(9)15)12-4-6-14(16)10(2)8-12/h9-12,15-16,21-22,28-29H,4-8,13-14H2,1-3H3,(H,30,31);3-8,15-16H,1-2H3. The Balaban J connectivity index is 0.000000281. The van der Waals surface area contributed by atoms with Gasteiger partial charge >= 0.3 is 11.9 Å². The maximum absolute atomic E-state index is 12.6. The zero-order valence-corrected chi connectivity index (χ0v) is 29.0. The predicted octanol–water partition coefficient (Wildman–Crippen LogP) is 8.62. The van der Waals surface area contributed by atoms with Crippen LogP contribution in [0.4, 0.5) is 0 Å².